The summed E-state index contributed by atoms with van der Waals surface area (Å²) >= 11 is 0. The molecule has 1 atom stereocenters. The molecule has 0 aliphatic rings. The summed E-state index contributed by atoms with van der Waals surface area (Å²) < 4.78 is 9.36. The van der Waals surface area contributed by atoms with Gasteiger partial charge in [-0.2, -0.15) is 0 Å². The summed E-state index contributed by atoms with van der Waals surface area (Å²) in [5.41, 5.74) is 0.352. The Bertz CT molecular complexity index is 454. The van der Waals surface area contributed by atoms with Crippen LogP contribution in [-0.4, -0.2) is 28.8 Å². The Morgan fingerprint density at radius 1 is 1.28 bits per heavy atom. The van der Waals surface area contributed by atoms with Crippen molar-refractivity contribution in [3.05, 3.63) is 23.8 Å². The van der Waals surface area contributed by atoms with Crippen molar-refractivity contribution in [2.75, 3.05) is 6.61 Å². The van der Waals surface area contributed by atoms with E-state index in [0.29, 0.717) is 5.56 Å². The molecule has 98 valence electrons. The fourth-order valence-corrected chi connectivity index (χ4v) is 1.28. The van der Waals surface area contributed by atoms with E-state index >= 15 is 0 Å². The second kappa shape index (κ2) is 6.02. The van der Waals surface area contributed by atoms with Crippen LogP contribution in [0.5, 0.6) is 11.5 Å². The summed E-state index contributed by atoms with van der Waals surface area (Å²) in [5.74, 6) is -1.33. The van der Waals surface area contributed by atoms with E-state index in [1.54, 1.807) is 0 Å². The Balaban J connectivity index is 2.76. The van der Waals surface area contributed by atoms with Crippen molar-refractivity contribution in [3.63, 3.8) is 0 Å². The lowest BCUT2D eigenvalue weighted by Crippen LogP contribution is -2.10. The highest BCUT2D eigenvalue weighted by atomic mass is 16.5. The average Bonchev–Trinajstić information content (AvgIpc) is 2.28. The molecule has 0 aliphatic carbocycles. The molecule has 1 rings (SSSR count). The van der Waals surface area contributed by atoms with E-state index < -0.39 is 18.0 Å². The first-order valence-corrected chi connectivity index (χ1v) is 5.23. The molecule has 0 fully saturated rings. The third kappa shape index (κ3) is 4.06. The quantitative estimate of drug-likeness (QED) is 0.613. The first kappa shape index (κ1) is 14.0. The van der Waals surface area contributed by atoms with Crippen molar-refractivity contribution < 1.29 is 29.3 Å². The maximum absolute atomic E-state index is 10.7. The second-order valence-corrected chi connectivity index (χ2v) is 3.64. The molecule has 0 saturated heterocycles. The molecule has 0 heterocycles. The van der Waals surface area contributed by atoms with E-state index in [-0.39, 0.29) is 18.1 Å². The van der Waals surface area contributed by atoms with Crippen LogP contribution < -0.4 is 4.74 Å². The fraction of sp³-hybridized carbons (Fsp3) is 0.333. The molecule has 1 aromatic rings. The minimum Gasteiger partial charge on any atom is -0.504 e. The van der Waals surface area contributed by atoms with Gasteiger partial charge in [-0.05, 0) is 17.7 Å². The Morgan fingerprint density at radius 3 is 2.44 bits per heavy atom. The standard InChI is InChI=1S/C12H14O6/c1-7(13)17-6-11(16)9-3-4-12(10(15)5-9)18-8(2)14/h3-5,11,15-16H,6H2,1-2H3. The first-order valence-electron chi connectivity index (χ1n) is 5.23. The van der Waals surface area contributed by atoms with E-state index in [9.17, 15) is 19.8 Å². The molecule has 0 radical (unpaired) electrons. The topological polar surface area (TPSA) is 93.1 Å². The molecule has 0 aromatic heterocycles. The monoisotopic (exact) mass is 254 g/mol. The maximum Gasteiger partial charge on any atom is 0.308 e. The zero-order valence-electron chi connectivity index (χ0n) is 10.0. The Hall–Kier alpha value is -2.08. The van der Waals surface area contributed by atoms with Gasteiger partial charge in [0.2, 0.25) is 0 Å². The van der Waals surface area contributed by atoms with Gasteiger partial charge in [0.05, 0.1) is 0 Å². The summed E-state index contributed by atoms with van der Waals surface area (Å²) in [6, 6.07) is 4.06. The number of carbonyl (C=O) groups excluding carboxylic acids is 2. The molecule has 0 bridgehead atoms. The normalized spacial score (nSPS) is 11.7. The molecule has 0 amide bonds. The van der Waals surface area contributed by atoms with Crippen molar-refractivity contribution in [1.82, 2.24) is 0 Å². The molecule has 2 N–H and O–H groups in total. The Labute approximate surface area is 104 Å². The molecule has 18 heavy (non-hydrogen) atoms. The van der Waals surface area contributed by atoms with Crippen LogP contribution in [0.25, 0.3) is 0 Å². The summed E-state index contributed by atoms with van der Waals surface area (Å²) in [6.45, 7) is 2.23. The average molecular weight is 254 g/mol. The lowest BCUT2D eigenvalue weighted by molar-refractivity contribution is -0.144. The van der Waals surface area contributed by atoms with E-state index in [0.717, 1.165) is 0 Å². The van der Waals surface area contributed by atoms with E-state index in [4.69, 9.17) is 4.74 Å². The molecular formula is C12H14O6. The van der Waals surface area contributed by atoms with E-state index in [1.165, 1.54) is 32.0 Å². The van der Waals surface area contributed by atoms with Crippen molar-refractivity contribution >= 4 is 11.9 Å². The van der Waals surface area contributed by atoms with Crippen molar-refractivity contribution in [3.8, 4) is 11.5 Å². The van der Waals surface area contributed by atoms with Crippen LogP contribution in [0.3, 0.4) is 0 Å². The fourth-order valence-electron chi connectivity index (χ4n) is 1.28. The number of hydrogen-bond acceptors (Lipinski definition) is 6. The SMILES string of the molecule is CC(=O)OCC(O)c1ccc(OC(C)=O)c(O)c1. The number of aliphatic hydroxyl groups is 1. The number of hydrogen-bond donors (Lipinski definition) is 2. The molecule has 6 heteroatoms. The molecule has 0 aliphatic heterocycles. The molecular weight excluding hydrogens is 240 g/mol. The van der Waals surface area contributed by atoms with Crippen LogP contribution >= 0.6 is 0 Å². The lowest BCUT2D eigenvalue weighted by Gasteiger charge is -2.12. The second-order valence-electron chi connectivity index (χ2n) is 3.64. The number of ether oxygens (including phenoxy) is 2. The van der Waals surface area contributed by atoms with Gasteiger partial charge >= 0.3 is 11.9 Å². The Morgan fingerprint density at radius 2 is 1.94 bits per heavy atom. The van der Waals surface area contributed by atoms with Crippen molar-refractivity contribution in [1.29, 1.82) is 0 Å². The summed E-state index contributed by atoms with van der Waals surface area (Å²) in [4.78, 5) is 21.3. The molecule has 1 aromatic carbocycles. The first-order chi connectivity index (χ1) is 8.40. The van der Waals surface area contributed by atoms with Gasteiger partial charge in [-0.25, -0.2) is 0 Å². The van der Waals surface area contributed by atoms with E-state index in [2.05, 4.69) is 4.74 Å². The zero-order chi connectivity index (χ0) is 13.7. The third-order valence-electron chi connectivity index (χ3n) is 2.07. The minimum absolute atomic E-state index is 0.00550. The number of benzene rings is 1. The van der Waals surface area contributed by atoms with Crippen LogP contribution in [0.15, 0.2) is 18.2 Å². The van der Waals surface area contributed by atoms with Crippen molar-refractivity contribution in [2.45, 2.75) is 20.0 Å². The lowest BCUT2D eigenvalue weighted by atomic mass is 10.1. The van der Waals surface area contributed by atoms with Gasteiger partial charge in [0, 0.05) is 13.8 Å². The number of phenolic OH excluding ortho intramolecular Hbond substituents is 1. The smallest absolute Gasteiger partial charge is 0.308 e. The predicted molar refractivity (Wildman–Crippen MR) is 61.0 cm³/mol. The van der Waals surface area contributed by atoms with Gasteiger partial charge in [0.1, 0.15) is 12.7 Å². The predicted octanol–water partition coefficient (Wildman–Crippen LogP) is 0.914. The Kier molecular flexibility index (Phi) is 4.67. The van der Waals surface area contributed by atoms with Crippen LogP contribution in [0.4, 0.5) is 0 Å². The van der Waals surface area contributed by atoms with Crippen molar-refractivity contribution in [2.24, 2.45) is 0 Å². The van der Waals surface area contributed by atoms with Gasteiger partial charge in [-0.15, -0.1) is 0 Å². The molecule has 0 spiro atoms. The number of aliphatic hydroxyl groups excluding tert-OH is 1. The van der Waals surface area contributed by atoms with Gasteiger partial charge in [0.15, 0.2) is 11.5 Å². The van der Waals surface area contributed by atoms with Gasteiger partial charge < -0.3 is 19.7 Å². The maximum atomic E-state index is 10.7. The zero-order valence-corrected chi connectivity index (χ0v) is 10.0. The number of phenols is 1. The molecule has 6 nitrogen and oxygen atoms in total. The summed E-state index contributed by atoms with van der Waals surface area (Å²) in [7, 11) is 0. The van der Waals surface area contributed by atoms with Crippen LogP contribution in [0.2, 0.25) is 0 Å². The number of carbonyl (C=O) groups is 2. The highest BCUT2D eigenvalue weighted by Crippen LogP contribution is 2.29. The van der Waals surface area contributed by atoms with Crippen LogP contribution in [-0.2, 0) is 14.3 Å². The third-order valence-corrected chi connectivity index (χ3v) is 2.07. The molecule has 1 unspecified atom stereocenters. The number of esters is 2. The van der Waals surface area contributed by atoms with Crippen LogP contribution in [0.1, 0.15) is 25.5 Å². The number of aromatic hydroxyl groups is 1. The van der Waals surface area contributed by atoms with Gasteiger partial charge in [-0.3, -0.25) is 9.59 Å². The summed E-state index contributed by atoms with van der Waals surface area (Å²) in [5, 5.41) is 19.2. The van der Waals surface area contributed by atoms with Gasteiger partial charge in [0.25, 0.3) is 0 Å². The highest BCUT2D eigenvalue weighted by Gasteiger charge is 2.13. The largest absolute Gasteiger partial charge is 0.504 e. The van der Waals surface area contributed by atoms with E-state index in [1.807, 2.05) is 0 Å². The minimum atomic E-state index is -1.05. The summed E-state index contributed by atoms with van der Waals surface area (Å²) in [6.07, 6.45) is -1.05. The number of rotatable bonds is 4. The molecule has 0 saturated carbocycles. The van der Waals surface area contributed by atoms with Crippen LogP contribution in [0, 0.1) is 0 Å². The van der Waals surface area contributed by atoms with Gasteiger partial charge in [-0.1, -0.05) is 6.07 Å². The highest BCUT2D eigenvalue weighted by molar-refractivity contribution is 5.70.